The van der Waals surface area contributed by atoms with Crippen LogP contribution in [0.3, 0.4) is 0 Å². The highest BCUT2D eigenvalue weighted by Gasteiger charge is 2.41. The second-order valence-corrected chi connectivity index (χ2v) is 9.84. The summed E-state index contributed by atoms with van der Waals surface area (Å²) in [6, 6.07) is 7.29. The maximum Gasteiger partial charge on any atom is 0.245 e. The predicted octanol–water partition coefficient (Wildman–Crippen LogP) is 4.97. The van der Waals surface area contributed by atoms with Gasteiger partial charge in [-0.1, -0.05) is 36.5 Å². The van der Waals surface area contributed by atoms with E-state index in [-0.39, 0.29) is 18.0 Å². The van der Waals surface area contributed by atoms with E-state index in [1.54, 1.807) is 12.4 Å². The highest BCUT2D eigenvalue weighted by molar-refractivity contribution is 6.35. The van der Waals surface area contributed by atoms with Crippen molar-refractivity contribution in [3.05, 3.63) is 46.8 Å². The Morgan fingerprint density at radius 1 is 1.21 bits per heavy atom. The molecule has 4 heterocycles. The van der Waals surface area contributed by atoms with Crippen LogP contribution in [0.15, 0.2) is 36.8 Å². The molecule has 0 saturated carbocycles. The molecule has 2 N–H and O–H groups in total. The number of anilines is 2. The second kappa shape index (κ2) is 9.39. The number of fused-ring (bicyclic) bond motifs is 2. The van der Waals surface area contributed by atoms with Crippen LogP contribution in [0, 0.1) is 5.92 Å². The number of H-pyrrole nitrogens is 1. The lowest BCUT2D eigenvalue weighted by atomic mass is 9.91. The minimum atomic E-state index is -0.314. The van der Waals surface area contributed by atoms with Crippen molar-refractivity contribution < 1.29 is 4.79 Å². The zero-order chi connectivity index (χ0) is 22.9. The van der Waals surface area contributed by atoms with Crippen LogP contribution >= 0.6 is 23.2 Å². The Kier molecular flexibility index (Phi) is 6.34. The van der Waals surface area contributed by atoms with Crippen LogP contribution in [0.5, 0.6) is 0 Å². The summed E-state index contributed by atoms with van der Waals surface area (Å²) in [4.78, 5) is 30.1. The van der Waals surface area contributed by atoms with Crippen molar-refractivity contribution >= 4 is 51.6 Å². The molecule has 3 unspecified atom stereocenters. The number of nitrogens with one attached hydrogen (secondary N) is 2. The number of carbonyl (C=O) groups excluding carboxylic acids is 1. The topological polar surface area (TPSA) is 77.2 Å². The molecule has 174 valence electrons. The van der Waals surface area contributed by atoms with Gasteiger partial charge in [0.15, 0.2) is 0 Å². The number of halogens is 2. The molecule has 0 bridgehead atoms. The van der Waals surface area contributed by atoms with Gasteiger partial charge in [-0.15, -0.1) is 0 Å². The number of hydrogen-bond donors (Lipinski definition) is 2. The van der Waals surface area contributed by atoms with Gasteiger partial charge in [0.25, 0.3) is 0 Å². The molecule has 2 saturated heterocycles. The molecule has 1 amide bonds. The molecule has 2 aromatic heterocycles. The molecule has 1 aromatic carbocycles. The van der Waals surface area contributed by atoms with Gasteiger partial charge >= 0.3 is 0 Å². The molecular weight excluding hydrogens is 459 g/mol. The maximum atomic E-state index is 13.6. The number of benzene rings is 1. The predicted molar refractivity (Wildman–Crippen MR) is 133 cm³/mol. The molecule has 3 atom stereocenters. The Labute approximate surface area is 203 Å². The zero-order valence-electron chi connectivity index (χ0n) is 18.6. The van der Waals surface area contributed by atoms with Gasteiger partial charge in [-0.2, -0.15) is 0 Å². The van der Waals surface area contributed by atoms with Gasteiger partial charge in [0, 0.05) is 41.6 Å². The van der Waals surface area contributed by atoms with Crippen molar-refractivity contribution in [1.29, 1.82) is 0 Å². The summed E-state index contributed by atoms with van der Waals surface area (Å²) < 4.78 is 0. The Bertz CT molecular complexity index is 1130. The van der Waals surface area contributed by atoms with Gasteiger partial charge in [0.1, 0.15) is 23.8 Å². The number of rotatable bonds is 6. The first-order chi connectivity index (χ1) is 16.0. The number of nitrogens with zero attached hydrogens (tertiary/aromatic N) is 4. The van der Waals surface area contributed by atoms with Crippen LogP contribution < -0.4 is 10.2 Å². The van der Waals surface area contributed by atoms with Gasteiger partial charge < -0.3 is 20.1 Å². The van der Waals surface area contributed by atoms with Gasteiger partial charge in [-0.25, -0.2) is 9.97 Å². The van der Waals surface area contributed by atoms with E-state index in [0.717, 1.165) is 61.3 Å². The number of aromatic nitrogens is 3. The Morgan fingerprint density at radius 2 is 2.00 bits per heavy atom. The molecule has 2 fully saturated rings. The number of piperidine rings is 1. The summed E-state index contributed by atoms with van der Waals surface area (Å²) in [7, 11) is 0. The molecule has 3 aromatic rings. The van der Waals surface area contributed by atoms with Gasteiger partial charge in [0.2, 0.25) is 5.91 Å². The summed E-state index contributed by atoms with van der Waals surface area (Å²) in [5.41, 5.74) is 1.62. The van der Waals surface area contributed by atoms with Crippen LogP contribution in [0.4, 0.5) is 11.5 Å². The van der Waals surface area contributed by atoms with Crippen LogP contribution in [0.2, 0.25) is 10.0 Å². The van der Waals surface area contributed by atoms with E-state index >= 15 is 0 Å². The molecule has 0 aliphatic carbocycles. The van der Waals surface area contributed by atoms with E-state index in [1.807, 2.05) is 29.3 Å². The average molecular weight is 487 g/mol. The third kappa shape index (κ3) is 4.49. The molecule has 0 spiro atoms. The lowest BCUT2D eigenvalue weighted by molar-refractivity contribution is -0.133. The number of carbonyl (C=O) groups is 1. The van der Waals surface area contributed by atoms with Crippen molar-refractivity contribution in [2.24, 2.45) is 5.92 Å². The number of hydrogen-bond acceptors (Lipinski definition) is 5. The summed E-state index contributed by atoms with van der Waals surface area (Å²) >= 11 is 12.3. The normalized spacial score (nSPS) is 21.3. The maximum absolute atomic E-state index is 13.6. The largest absolute Gasteiger partial charge is 0.374 e. The fourth-order valence-electron chi connectivity index (χ4n) is 5.30. The standard InChI is InChI=1S/C24H28Cl2N6O/c1-2-3-20(30-18-11-16(25)10-17(26)12-18)24(33)31-8-5-15-6-9-32(21(15)13-31)23-19-4-7-27-22(19)28-14-29-23/h4,7,10-12,14-15,20-21,30H,2-3,5-6,8-9,13H2,1H3,(H,27,28,29). The average Bonchev–Trinajstić information content (AvgIpc) is 3.44. The molecular formula is C24H28Cl2N6O. The number of amides is 1. The monoisotopic (exact) mass is 486 g/mol. The Balaban J connectivity index is 1.35. The Hall–Kier alpha value is -2.51. The fraction of sp³-hybridized carbons (Fsp3) is 0.458. The zero-order valence-corrected chi connectivity index (χ0v) is 20.1. The van der Waals surface area contributed by atoms with Crippen LogP contribution in [-0.2, 0) is 4.79 Å². The third-order valence-electron chi connectivity index (χ3n) is 6.86. The summed E-state index contributed by atoms with van der Waals surface area (Å²) in [6.45, 7) is 4.54. The third-order valence-corrected chi connectivity index (χ3v) is 7.29. The van der Waals surface area contributed by atoms with E-state index in [1.165, 1.54) is 0 Å². The molecule has 33 heavy (non-hydrogen) atoms. The lowest BCUT2D eigenvalue weighted by Crippen LogP contribution is -2.53. The SMILES string of the molecule is CCCC(Nc1cc(Cl)cc(Cl)c1)C(=O)N1CCC2CCN(c3ncnc4[nH]ccc34)C2C1. The van der Waals surface area contributed by atoms with Crippen LogP contribution in [0.1, 0.15) is 32.6 Å². The van der Waals surface area contributed by atoms with E-state index < -0.39 is 0 Å². The van der Waals surface area contributed by atoms with Crippen molar-refractivity contribution in [2.75, 3.05) is 29.9 Å². The molecule has 5 rings (SSSR count). The van der Waals surface area contributed by atoms with Crippen molar-refractivity contribution in [2.45, 2.75) is 44.7 Å². The summed E-state index contributed by atoms with van der Waals surface area (Å²) in [5, 5.41) is 5.52. The minimum Gasteiger partial charge on any atom is -0.374 e. The summed E-state index contributed by atoms with van der Waals surface area (Å²) in [5.74, 6) is 1.66. The molecule has 2 aliphatic heterocycles. The van der Waals surface area contributed by atoms with E-state index in [0.29, 0.717) is 22.5 Å². The van der Waals surface area contributed by atoms with E-state index in [2.05, 4.69) is 32.1 Å². The van der Waals surface area contributed by atoms with Crippen molar-refractivity contribution in [3.63, 3.8) is 0 Å². The lowest BCUT2D eigenvalue weighted by Gasteiger charge is -2.40. The highest BCUT2D eigenvalue weighted by Crippen LogP contribution is 2.37. The van der Waals surface area contributed by atoms with Crippen LogP contribution in [0.25, 0.3) is 11.0 Å². The number of aromatic amines is 1. The first-order valence-electron chi connectivity index (χ1n) is 11.6. The quantitative estimate of drug-likeness (QED) is 0.513. The first kappa shape index (κ1) is 22.3. The number of likely N-dealkylation sites (tertiary alicyclic amines) is 1. The fourth-order valence-corrected chi connectivity index (χ4v) is 5.82. The van der Waals surface area contributed by atoms with Crippen molar-refractivity contribution in [1.82, 2.24) is 19.9 Å². The molecule has 9 heteroatoms. The van der Waals surface area contributed by atoms with Crippen LogP contribution in [-0.4, -0.2) is 57.5 Å². The van der Waals surface area contributed by atoms with E-state index in [4.69, 9.17) is 23.2 Å². The van der Waals surface area contributed by atoms with Gasteiger partial charge in [0.05, 0.1) is 11.4 Å². The Morgan fingerprint density at radius 3 is 2.79 bits per heavy atom. The first-order valence-corrected chi connectivity index (χ1v) is 12.3. The van der Waals surface area contributed by atoms with Crippen molar-refractivity contribution in [3.8, 4) is 0 Å². The molecule has 7 nitrogen and oxygen atoms in total. The highest BCUT2D eigenvalue weighted by atomic mass is 35.5. The second-order valence-electron chi connectivity index (χ2n) is 8.96. The molecule has 2 aliphatic rings. The molecule has 0 radical (unpaired) electrons. The summed E-state index contributed by atoms with van der Waals surface area (Å²) in [6.07, 6.45) is 7.29. The minimum absolute atomic E-state index is 0.132. The smallest absolute Gasteiger partial charge is 0.245 e. The van der Waals surface area contributed by atoms with Gasteiger partial charge in [-0.05, 0) is 49.4 Å². The van der Waals surface area contributed by atoms with Gasteiger partial charge in [-0.3, -0.25) is 4.79 Å². The van der Waals surface area contributed by atoms with E-state index in [9.17, 15) is 4.79 Å².